The zero-order valence-corrected chi connectivity index (χ0v) is 17.6. The Morgan fingerprint density at radius 1 is 1.29 bits per heavy atom. The number of pyridine rings is 1. The molecule has 2 aromatic rings. The Labute approximate surface area is 181 Å². The smallest absolute Gasteiger partial charge is 0.391 e. The molecule has 0 bridgehead atoms. The predicted molar refractivity (Wildman–Crippen MR) is 110 cm³/mol. The van der Waals surface area contributed by atoms with Gasteiger partial charge in [-0.25, -0.2) is 0 Å². The van der Waals surface area contributed by atoms with Gasteiger partial charge in [0.25, 0.3) is 11.5 Å². The lowest BCUT2D eigenvalue weighted by molar-refractivity contribution is -0.191. The Morgan fingerprint density at radius 3 is 2.52 bits per heavy atom. The van der Waals surface area contributed by atoms with Crippen molar-refractivity contribution in [3.8, 4) is 0 Å². The van der Waals surface area contributed by atoms with Gasteiger partial charge in [0.05, 0.1) is 34.8 Å². The second kappa shape index (κ2) is 8.80. The fourth-order valence-electron chi connectivity index (χ4n) is 3.97. The molecule has 1 aromatic heterocycles. The van der Waals surface area contributed by atoms with E-state index in [1.165, 1.54) is 22.9 Å². The maximum absolute atomic E-state index is 12.8. The van der Waals surface area contributed by atoms with E-state index >= 15 is 0 Å². The Kier molecular flexibility index (Phi) is 6.69. The van der Waals surface area contributed by atoms with Crippen LogP contribution in [0.4, 0.5) is 13.2 Å². The van der Waals surface area contributed by atoms with Crippen LogP contribution in [0.25, 0.3) is 10.8 Å². The highest BCUT2D eigenvalue weighted by atomic mass is 35.5. The predicted octanol–water partition coefficient (Wildman–Crippen LogP) is 3.42. The molecule has 0 radical (unpaired) electrons. The molecule has 0 saturated heterocycles. The van der Waals surface area contributed by atoms with Gasteiger partial charge < -0.3 is 20.1 Å². The molecule has 1 heterocycles. The molecule has 1 fully saturated rings. The number of amides is 1. The number of aliphatic hydroxyl groups is 2. The van der Waals surface area contributed by atoms with E-state index in [0.29, 0.717) is 5.39 Å². The number of aliphatic hydroxyl groups excluding tert-OH is 1. The van der Waals surface area contributed by atoms with Crippen molar-refractivity contribution < 1.29 is 28.2 Å². The second-order valence-corrected chi connectivity index (χ2v) is 8.57. The Balaban J connectivity index is 1.81. The van der Waals surface area contributed by atoms with E-state index < -0.39 is 35.2 Å². The third-order valence-electron chi connectivity index (χ3n) is 5.98. The Bertz CT molecular complexity index is 1030. The van der Waals surface area contributed by atoms with Gasteiger partial charge in [-0.15, -0.1) is 0 Å². The molecule has 1 amide bonds. The summed E-state index contributed by atoms with van der Waals surface area (Å²) in [6.07, 6.45) is -3.39. The summed E-state index contributed by atoms with van der Waals surface area (Å²) in [5.41, 5.74) is -1.78. The molecule has 31 heavy (non-hydrogen) atoms. The normalized spacial score (nSPS) is 23.0. The van der Waals surface area contributed by atoms with Gasteiger partial charge in [-0.3, -0.25) is 9.59 Å². The van der Waals surface area contributed by atoms with Gasteiger partial charge in [0, 0.05) is 23.5 Å². The molecule has 0 spiro atoms. The van der Waals surface area contributed by atoms with Gasteiger partial charge in [0.15, 0.2) is 0 Å². The highest BCUT2D eigenvalue weighted by Gasteiger charge is 2.45. The number of aromatic nitrogens is 1. The van der Waals surface area contributed by atoms with Gasteiger partial charge in [-0.1, -0.05) is 11.6 Å². The first-order chi connectivity index (χ1) is 14.5. The average molecular weight is 461 g/mol. The van der Waals surface area contributed by atoms with Gasteiger partial charge in [-0.05, 0) is 50.8 Å². The number of rotatable bonds is 5. The van der Waals surface area contributed by atoms with E-state index in [-0.39, 0.29) is 54.8 Å². The van der Waals surface area contributed by atoms with Crippen molar-refractivity contribution in [1.82, 2.24) is 9.88 Å². The van der Waals surface area contributed by atoms with Crippen LogP contribution in [0, 0.1) is 5.92 Å². The van der Waals surface area contributed by atoms with Crippen molar-refractivity contribution in [1.29, 1.82) is 0 Å². The summed E-state index contributed by atoms with van der Waals surface area (Å²) in [7, 11) is 0. The van der Waals surface area contributed by atoms with Crippen LogP contribution in [-0.2, 0) is 0 Å². The first-order valence-electron chi connectivity index (χ1n) is 9.98. The summed E-state index contributed by atoms with van der Waals surface area (Å²) in [6, 6.07) is 4.00. The number of fused-ring (bicyclic) bond motifs is 1. The fraction of sp³-hybridized carbons (Fsp3) is 0.524. The van der Waals surface area contributed by atoms with Crippen molar-refractivity contribution >= 4 is 28.3 Å². The zero-order chi connectivity index (χ0) is 23.0. The quantitative estimate of drug-likeness (QED) is 0.637. The van der Waals surface area contributed by atoms with Gasteiger partial charge >= 0.3 is 6.18 Å². The van der Waals surface area contributed by atoms with Crippen molar-refractivity contribution in [2.75, 3.05) is 13.2 Å². The molecule has 1 unspecified atom stereocenters. The molecule has 10 heteroatoms. The third-order valence-corrected chi connectivity index (χ3v) is 6.30. The minimum absolute atomic E-state index is 0.0487. The molecule has 3 rings (SSSR count). The number of benzene rings is 1. The largest absolute Gasteiger partial charge is 0.394 e. The third kappa shape index (κ3) is 4.88. The maximum atomic E-state index is 12.8. The topological polar surface area (TPSA) is 91.6 Å². The van der Waals surface area contributed by atoms with Crippen LogP contribution in [0.5, 0.6) is 0 Å². The van der Waals surface area contributed by atoms with Gasteiger partial charge in [0.2, 0.25) is 0 Å². The number of nitrogens with one attached hydrogen (secondary N) is 1. The van der Waals surface area contributed by atoms with Crippen LogP contribution < -0.4 is 10.9 Å². The average Bonchev–Trinajstić information content (AvgIpc) is 2.71. The number of hydrogen-bond donors (Lipinski definition) is 3. The molecule has 1 aliphatic rings. The van der Waals surface area contributed by atoms with E-state index in [0.717, 1.165) is 0 Å². The Morgan fingerprint density at radius 2 is 1.94 bits per heavy atom. The van der Waals surface area contributed by atoms with Crippen molar-refractivity contribution in [2.24, 2.45) is 5.92 Å². The molecular weight excluding hydrogens is 437 g/mol. The fourth-order valence-corrected chi connectivity index (χ4v) is 4.22. The lowest BCUT2D eigenvalue weighted by Gasteiger charge is -2.36. The standard InChI is InChI=1S/C21H24ClF3N2O4/c1-12(10-28)27-9-6-14-15(19(27)30)2-3-16(22)17(14)18(29)26-11-20(31)7-4-13(5-8-20)21(23,24)25/h2-3,6,9,12-13,28,31H,4-5,7-8,10-11H2,1H3,(H,26,29). The summed E-state index contributed by atoms with van der Waals surface area (Å²) in [6.45, 7) is 1.22. The van der Waals surface area contributed by atoms with Gasteiger partial charge in [0.1, 0.15) is 0 Å². The molecule has 1 atom stereocenters. The first kappa shape index (κ1) is 23.6. The minimum Gasteiger partial charge on any atom is -0.394 e. The van der Waals surface area contributed by atoms with Crippen LogP contribution in [0.15, 0.2) is 29.2 Å². The zero-order valence-electron chi connectivity index (χ0n) is 16.9. The lowest BCUT2D eigenvalue weighted by Crippen LogP contribution is -2.47. The van der Waals surface area contributed by atoms with Crippen LogP contribution in [-0.4, -0.2) is 45.6 Å². The molecule has 1 saturated carbocycles. The highest BCUT2D eigenvalue weighted by molar-refractivity contribution is 6.35. The number of nitrogens with zero attached hydrogens (tertiary/aromatic N) is 1. The van der Waals surface area contributed by atoms with E-state index in [1.54, 1.807) is 13.0 Å². The van der Waals surface area contributed by atoms with Crippen molar-refractivity contribution in [3.63, 3.8) is 0 Å². The SMILES string of the molecule is CC(CO)n1ccc2c(C(=O)NCC3(O)CCC(C(F)(F)F)CC3)c(Cl)ccc2c1=O. The number of hydrogen-bond acceptors (Lipinski definition) is 4. The molecule has 1 aliphatic carbocycles. The maximum Gasteiger partial charge on any atom is 0.391 e. The first-order valence-corrected chi connectivity index (χ1v) is 10.4. The summed E-state index contributed by atoms with van der Waals surface area (Å²) < 4.78 is 39.9. The number of carbonyl (C=O) groups excluding carboxylic acids is 1. The van der Waals surface area contributed by atoms with E-state index in [4.69, 9.17) is 11.6 Å². The van der Waals surface area contributed by atoms with Crippen LogP contribution in [0.1, 0.15) is 49.0 Å². The number of halogens is 4. The number of alkyl halides is 3. The minimum atomic E-state index is -4.29. The van der Waals surface area contributed by atoms with Crippen LogP contribution in [0.3, 0.4) is 0 Å². The van der Waals surface area contributed by atoms with Gasteiger partial charge in [-0.2, -0.15) is 13.2 Å². The molecular formula is C21H24ClF3N2O4. The molecule has 3 N–H and O–H groups in total. The summed E-state index contributed by atoms with van der Waals surface area (Å²) >= 11 is 6.21. The summed E-state index contributed by atoms with van der Waals surface area (Å²) in [5, 5.41) is 23.1. The lowest BCUT2D eigenvalue weighted by atomic mass is 9.78. The number of carbonyl (C=O) groups is 1. The molecule has 0 aliphatic heterocycles. The Hall–Kier alpha value is -2.10. The van der Waals surface area contributed by atoms with E-state index in [1.807, 2.05) is 0 Å². The van der Waals surface area contributed by atoms with Crippen molar-refractivity contribution in [3.05, 3.63) is 45.3 Å². The van der Waals surface area contributed by atoms with Crippen molar-refractivity contribution in [2.45, 2.75) is 50.4 Å². The van der Waals surface area contributed by atoms with Crippen LogP contribution >= 0.6 is 11.6 Å². The second-order valence-electron chi connectivity index (χ2n) is 8.17. The monoisotopic (exact) mass is 460 g/mol. The molecule has 6 nitrogen and oxygen atoms in total. The summed E-state index contributed by atoms with van der Waals surface area (Å²) in [4.78, 5) is 25.6. The van der Waals surface area contributed by atoms with E-state index in [9.17, 15) is 33.0 Å². The van der Waals surface area contributed by atoms with Crippen LogP contribution in [0.2, 0.25) is 5.02 Å². The van der Waals surface area contributed by atoms with E-state index in [2.05, 4.69) is 5.32 Å². The molecule has 170 valence electrons. The summed E-state index contributed by atoms with van der Waals surface area (Å²) in [5.74, 6) is -2.08. The highest BCUT2D eigenvalue weighted by Crippen LogP contribution is 2.41. The molecule has 1 aromatic carbocycles.